The molecule has 1 aromatic carbocycles. The van der Waals surface area contributed by atoms with E-state index < -0.39 is 0 Å². The van der Waals surface area contributed by atoms with E-state index in [0.29, 0.717) is 18.0 Å². The number of ether oxygens (including phenoxy) is 1. The molecule has 3 aromatic rings. The number of benzene rings is 1. The standard InChI is InChI=1S/C24H31N7O2/c1-16-9-10-17(13-19(16)33-4)22-21-23(25)26-15-27-24(21)31(28-22)18-7-5-12-30(14-18)20(32)8-6-11-29(2)3/h6,8-10,13,15,18H,5,7,11-12,14H2,1-4H3,(H2,25,26,27)/b8-6+/t18-/m1/s1. The molecule has 0 unspecified atom stereocenters. The van der Waals surface area contributed by atoms with Crippen molar-refractivity contribution in [3.8, 4) is 17.0 Å². The SMILES string of the molecule is COc1cc(-c2nn([C@@H]3CCCN(C(=O)/C=C/CN(C)C)C3)c3ncnc(N)c23)ccc1C. The number of methoxy groups -OCH3 is 1. The molecule has 0 bridgehead atoms. The third-order valence-corrected chi connectivity index (χ3v) is 5.98. The summed E-state index contributed by atoms with van der Waals surface area (Å²) in [6.07, 6.45) is 6.82. The summed E-state index contributed by atoms with van der Waals surface area (Å²) in [4.78, 5) is 25.4. The van der Waals surface area contributed by atoms with Gasteiger partial charge in [-0.25, -0.2) is 14.6 Å². The van der Waals surface area contributed by atoms with Crippen LogP contribution in [0.5, 0.6) is 5.75 Å². The van der Waals surface area contributed by atoms with Crippen LogP contribution in [0.1, 0.15) is 24.4 Å². The van der Waals surface area contributed by atoms with Gasteiger partial charge < -0.3 is 20.3 Å². The maximum Gasteiger partial charge on any atom is 0.246 e. The van der Waals surface area contributed by atoms with E-state index in [4.69, 9.17) is 15.6 Å². The Hall–Kier alpha value is -3.46. The number of fused-ring (bicyclic) bond motifs is 1. The van der Waals surface area contributed by atoms with Gasteiger partial charge in [0.1, 0.15) is 23.6 Å². The third-order valence-electron chi connectivity index (χ3n) is 5.98. The van der Waals surface area contributed by atoms with Crippen molar-refractivity contribution in [1.29, 1.82) is 0 Å². The summed E-state index contributed by atoms with van der Waals surface area (Å²) in [5.74, 6) is 1.19. The highest BCUT2D eigenvalue weighted by molar-refractivity contribution is 5.98. The average Bonchev–Trinajstić information content (AvgIpc) is 3.20. The van der Waals surface area contributed by atoms with Gasteiger partial charge in [0.05, 0.1) is 18.5 Å². The number of hydrogen-bond donors (Lipinski definition) is 1. The van der Waals surface area contributed by atoms with E-state index in [-0.39, 0.29) is 11.9 Å². The third kappa shape index (κ3) is 4.68. The van der Waals surface area contributed by atoms with Crippen molar-refractivity contribution < 1.29 is 9.53 Å². The molecule has 1 saturated heterocycles. The number of hydrogen-bond acceptors (Lipinski definition) is 7. The Morgan fingerprint density at radius 2 is 2.15 bits per heavy atom. The Morgan fingerprint density at radius 1 is 1.33 bits per heavy atom. The zero-order chi connectivity index (χ0) is 23.5. The maximum absolute atomic E-state index is 12.7. The van der Waals surface area contributed by atoms with E-state index >= 15 is 0 Å². The average molecular weight is 450 g/mol. The summed E-state index contributed by atoms with van der Waals surface area (Å²) >= 11 is 0. The first-order chi connectivity index (χ1) is 15.9. The molecule has 2 aromatic heterocycles. The van der Waals surface area contributed by atoms with E-state index in [1.54, 1.807) is 13.2 Å². The van der Waals surface area contributed by atoms with Crippen LogP contribution >= 0.6 is 0 Å². The highest BCUT2D eigenvalue weighted by atomic mass is 16.5. The van der Waals surface area contributed by atoms with E-state index in [1.807, 2.05) is 59.8 Å². The van der Waals surface area contributed by atoms with Gasteiger partial charge in [0.25, 0.3) is 0 Å². The van der Waals surface area contributed by atoms with Crippen molar-refractivity contribution in [3.63, 3.8) is 0 Å². The molecule has 1 aliphatic rings. The number of nitrogens with two attached hydrogens (primary N) is 1. The fourth-order valence-corrected chi connectivity index (χ4v) is 4.24. The number of anilines is 1. The Balaban J connectivity index is 1.69. The number of piperidine rings is 1. The number of amides is 1. The quantitative estimate of drug-likeness (QED) is 0.577. The summed E-state index contributed by atoms with van der Waals surface area (Å²) in [7, 11) is 5.60. The van der Waals surface area contributed by atoms with Crippen molar-refractivity contribution in [1.82, 2.24) is 29.5 Å². The number of carbonyl (C=O) groups excluding carboxylic acids is 1. The van der Waals surface area contributed by atoms with Crippen molar-refractivity contribution in [3.05, 3.63) is 42.2 Å². The Labute approximate surface area is 193 Å². The number of nitrogens with zero attached hydrogens (tertiary/aromatic N) is 6. The van der Waals surface area contributed by atoms with Gasteiger partial charge in [-0.1, -0.05) is 18.2 Å². The van der Waals surface area contributed by atoms with Crippen LogP contribution < -0.4 is 10.5 Å². The van der Waals surface area contributed by atoms with Crippen LogP contribution in [-0.4, -0.2) is 76.3 Å². The largest absolute Gasteiger partial charge is 0.496 e. The summed E-state index contributed by atoms with van der Waals surface area (Å²) < 4.78 is 7.42. The molecule has 9 heteroatoms. The molecule has 0 radical (unpaired) electrons. The number of aryl methyl sites for hydroxylation is 1. The zero-order valence-corrected chi connectivity index (χ0v) is 19.7. The molecule has 9 nitrogen and oxygen atoms in total. The van der Waals surface area contributed by atoms with Crippen LogP contribution in [0.15, 0.2) is 36.7 Å². The zero-order valence-electron chi connectivity index (χ0n) is 19.7. The van der Waals surface area contributed by atoms with Gasteiger partial charge >= 0.3 is 0 Å². The number of nitrogen functional groups attached to an aromatic ring is 1. The minimum Gasteiger partial charge on any atom is -0.496 e. The molecule has 4 rings (SSSR count). The Bertz CT molecular complexity index is 1190. The molecule has 1 aliphatic heterocycles. The van der Waals surface area contributed by atoms with E-state index in [0.717, 1.165) is 53.9 Å². The van der Waals surface area contributed by atoms with Crippen molar-refractivity contribution in [2.75, 3.05) is 46.6 Å². The molecule has 174 valence electrons. The second-order valence-corrected chi connectivity index (χ2v) is 8.68. The fraction of sp³-hybridized carbons (Fsp3) is 0.417. The lowest BCUT2D eigenvalue weighted by Crippen LogP contribution is -2.40. The molecule has 1 fully saturated rings. The summed E-state index contributed by atoms with van der Waals surface area (Å²) in [6.45, 7) is 4.03. The Morgan fingerprint density at radius 3 is 2.91 bits per heavy atom. The lowest BCUT2D eigenvalue weighted by atomic mass is 10.1. The van der Waals surface area contributed by atoms with Crippen LogP contribution in [0.3, 0.4) is 0 Å². The van der Waals surface area contributed by atoms with Gasteiger partial charge in [0.15, 0.2) is 5.65 Å². The van der Waals surface area contributed by atoms with Gasteiger partial charge in [0.2, 0.25) is 5.91 Å². The van der Waals surface area contributed by atoms with Gasteiger partial charge in [0, 0.05) is 31.3 Å². The first kappa shape index (κ1) is 22.7. The molecular formula is C24H31N7O2. The van der Waals surface area contributed by atoms with Crippen LogP contribution in [0, 0.1) is 6.92 Å². The molecule has 1 atom stereocenters. The van der Waals surface area contributed by atoms with Gasteiger partial charge in [-0.3, -0.25) is 4.79 Å². The number of likely N-dealkylation sites (N-methyl/N-ethyl adjacent to an activating group) is 1. The summed E-state index contributed by atoms with van der Waals surface area (Å²) in [5, 5.41) is 5.66. The molecular weight excluding hydrogens is 418 g/mol. The van der Waals surface area contributed by atoms with E-state index in [1.165, 1.54) is 6.33 Å². The Kier molecular flexibility index (Phi) is 6.60. The summed E-state index contributed by atoms with van der Waals surface area (Å²) in [6, 6.07) is 5.96. The second kappa shape index (κ2) is 9.58. The van der Waals surface area contributed by atoms with E-state index in [2.05, 4.69) is 9.97 Å². The lowest BCUT2D eigenvalue weighted by Gasteiger charge is -2.32. The lowest BCUT2D eigenvalue weighted by molar-refractivity contribution is -0.127. The van der Waals surface area contributed by atoms with Crippen LogP contribution in [-0.2, 0) is 4.79 Å². The molecule has 3 heterocycles. The van der Waals surface area contributed by atoms with Crippen LogP contribution in [0.2, 0.25) is 0 Å². The van der Waals surface area contributed by atoms with Crippen LogP contribution in [0.25, 0.3) is 22.3 Å². The molecule has 0 aliphatic carbocycles. The number of likely N-dealkylation sites (tertiary alicyclic amines) is 1. The van der Waals surface area contributed by atoms with Gasteiger partial charge in [-0.15, -0.1) is 0 Å². The molecule has 0 saturated carbocycles. The maximum atomic E-state index is 12.7. The predicted molar refractivity (Wildman–Crippen MR) is 129 cm³/mol. The van der Waals surface area contributed by atoms with E-state index in [9.17, 15) is 4.79 Å². The van der Waals surface area contributed by atoms with Gasteiger partial charge in [-0.2, -0.15) is 5.10 Å². The first-order valence-electron chi connectivity index (χ1n) is 11.1. The first-order valence-corrected chi connectivity index (χ1v) is 11.1. The molecule has 2 N–H and O–H groups in total. The highest BCUT2D eigenvalue weighted by Gasteiger charge is 2.28. The minimum atomic E-state index is 0.00263. The fourth-order valence-electron chi connectivity index (χ4n) is 4.24. The minimum absolute atomic E-state index is 0.00263. The normalized spacial score (nSPS) is 16.8. The van der Waals surface area contributed by atoms with Gasteiger partial charge in [-0.05, 0) is 45.5 Å². The number of aromatic nitrogens is 4. The topological polar surface area (TPSA) is 102 Å². The van der Waals surface area contributed by atoms with Crippen molar-refractivity contribution >= 4 is 22.8 Å². The monoisotopic (exact) mass is 449 g/mol. The molecule has 33 heavy (non-hydrogen) atoms. The van der Waals surface area contributed by atoms with Crippen molar-refractivity contribution in [2.24, 2.45) is 0 Å². The second-order valence-electron chi connectivity index (χ2n) is 8.68. The number of carbonyl (C=O) groups is 1. The highest BCUT2D eigenvalue weighted by Crippen LogP contribution is 2.35. The molecule has 0 spiro atoms. The summed E-state index contributed by atoms with van der Waals surface area (Å²) in [5.41, 5.74) is 9.60. The predicted octanol–water partition coefficient (Wildman–Crippen LogP) is 2.67. The number of rotatable bonds is 6. The van der Waals surface area contributed by atoms with Crippen molar-refractivity contribution in [2.45, 2.75) is 25.8 Å². The smallest absolute Gasteiger partial charge is 0.246 e. The molecule has 1 amide bonds. The van der Waals surface area contributed by atoms with Crippen LogP contribution in [0.4, 0.5) is 5.82 Å².